The molecule has 2 heterocycles. The SMILES string of the molecule is CNc1ccc2c(C(=C=O)CCN3CCN(Cc4ccccc4)CC3)csc2c1.Cl. The third-order valence-corrected chi connectivity index (χ3v) is 6.65. The fourth-order valence-corrected chi connectivity index (χ4v) is 4.95. The number of fused-ring (bicyclic) bond motifs is 1. The van der Waals surface area contributed by atoms with E-state index in [4.69, 9.17) is 0 Å². The van der Waals surface area contributed by atoms with Gasteiger partial charge < -0.3 is 10.2 Å². The van der Waals surface area contributed by atoms with E-state index in [2.05, 4.69) is 75.0 Å². The van der Waals surface area contributed by atoms with Gasteiger partial charge in [-0.3, -0.25) is 4.90 Å². The largest absolute Gasteiger partial charge is 0.388 e. The van der Waals surface area contributed by atoms with Gasteiger partial charge in [0, 0.05) is 78.6 Å². The smallest absolute Gasteiger partial charge is 0.128 e. The second-order valence-electron chi connectivity index (χ2n) is 7.54. The topological polar surface area (TPSA) is 35.6 Å². The third-order valence-electron chi connectivity index (χ3n) is 5.70. The van der Waals surface area contributed by atoms with Crippen molar-refractivity contribution in [3.8, 4) is 0 Å². The molecule has 1 saturated heterocycles. The Morgan fingerprint density at radius 1 is 1.07 bits per heavy atom. The molecule has 0 spiro atoms. The van der Waals surface area contributed by atoms with Crippen LogP contribution in [0.5, 0.6) is 0 Å². The van der Waals surface area contributed by atoms with Crippen molar-refractivity contribution < 1.29 is 4.79 Å². The zero-order chi connectivity index (χ0) is 20.1. The number of rotatable bonds is 7. The Morgan fingerprint density at radius 2 is 1.80 bits per heavy atom. The van der Waals surface area contributed by atoms with Crippen molar-refractivity contribution in [3.63, 3.8) is 0 Å². The molecule has 3 aromatic rings. The van der Waals surface area contributed by atoms with Gasteiger partial charge in [-0.05, 0) is 24.1 Å². The molecule has 1 fully saturated rings. The van der Waals surface area contributed by atoms with Crippen molar-refractivity contribution in [2.75, 3.05) is 45.1 Å². The molecule has 0 bridgehead atoms. The van der Waals surface area contributed by atoms with Crippen molar-refractivity contribution in [2.45, 2.75) is 13.0 Å². The number of thiophene rings is 1. The van der Waals surface area contributed by atoms with Crippen LogP contribution >= 0.6 is 23.7 Å². The van der Waals surface area contributed by atoms with Crippen LogP contribution in [0.25, 0.3) is 15.7 Å². The monoisotopic (exact) mass is 441 g/mol. The summed E-state index contributed by atoms with van der Waals surface area (Å²) in [6.45, 7) is 6.18. The molecule has 30 heavy (non-hydrogen) atoms. The van der Waals surface area contributed by atoms with Crippen molar-refractivity contribution in [2.24, 2.45) is 0 Å². The lowest BCUT2D eigenvalue weighted by atomic mass is 10.0. The molecular formula is C24H28ClN3OS. The van der Waals surface area contributed by atoms with Crippen molar-refractivity contribution in [3.05, 3.63) is 65.0 Å². The summed E-state index contributed by atoms with van der Waals surface area (Å²) in [7, 11) is 1.92. The third kappa shape index (κ3) is 5.31. The van der Waals surface area contributed by atoms with Crippen LogP contribution in [0.4, 0.5) is 5.69 Å². The maximum absolute atomic E-state index is 11.7. The number of nitrogens with one attached hydrogen (secondary N) is 1. The maximum Gasteiger partial charge on any atom is 0.128 e. The molecular weight excluding hydrogens is 414 g/mol. The number of anilines is 1. The van der Waals surface area contributed by atoms with E-state index in [1.807, 2.05) is 7.05 Å². The normalized spacial score (nSPS) is 14.8. The van der Waals surface area contributed by atoms with Crippen LogP contribution in [-0.4, -0.2) is 55.5 Å². The first kappa shape index (κ1) is 22.5. The first-order valence-corrected chi connectivity index (χ1v) is 11.1. The van der Waals surface area contributed by atoms with Gasteiger partial charge in [-0.1, -0.05) is 36.4 Å². The number of carbonyl (C=O) groups excluding carboxylic acids is 1. The number of piperazine rings is 1. The average molecular weight is 442 g/mol. The molecule has 158 valence electrons. The van der Waals surface area contributed by atoms with Gasteiger partial charge in [0.15, 0.2) is 0 Å². The molecule has 0 amide bonds. The first-order valence-electron chi connectivity index (χ1n) is 10.2. The van der Waals surface area contributed by atoms with Crippen LogP contribution in [0, 0.1) is 0 Å². The molecule has 0 saturated carbocycles. The highest BCUT2D eigenvalue weighted by Crippen LogP contribution is 2.33. The van der Waals surface area contributed by atoms with E-state index in [1.54, 1.807) is 11.3 Å². The molecule has 0 aliphatic carbocycles. The van der Waals surface area contributed by atoms with Crippen LogP contribution in [0.1, 0.15) is 17.5 Å². The van der Waals surface area contributed by atoms with Crippen LogP contribution in [0.15, 0.2) is 53.9 Å². The summed E-state index contributed by atoms with van der Waals surface area (Å²) in [6.07, 6.45) is 0.752. The Labute approximate surface area is 188 Å². The highest BCUT2D eigenvalue weighted by atomic mass is 35.5. The lowest BCUT2D eigenvalue weighted by molar-refractivity contribution is 0.129. The zero-order valence-electron chi connectivity index (χ0n) is 17.3. The van der Waals surface area contributed by atoms with Crippen LogP contribution in [-0.2, 0) is 11.3 Å². The molecule has 2 aromatic carbocycles. The second kappa shape index (κ2) is 10.8. The van der Waals surface area contributed by atoms with Crippen molar-refractivity contribution in [1.29, 1.82) is 0 Å². The molecule has 4 rings (SSSR count). The molecule has 4 nitrogen and oxygen atoms in total. The standard InChI is InChI=1S/C24H27N3OS.ClH/c1-25-21-7-8-22-23(18-29-24(22)15-21)20(17-28)9-10-26-11-13-27(14-12-26)16-19-5-3-2-4-6-19;/h2-8,15,18,25H,9-14,16H2,1H3;1H. The molecule has 1 aromatic heterocycles. The molecule has 1 aliphatic heterocycles. The summed E-state index contributed by atoms with van der Waals surface area (Å²) in [5.74, 6) is 2.23. The number of nitrogens with zero attached hydrogens (tertiary/aromatic N) is 2. The zero-order valence-corrected chi connectivity index (χ0v) is 18.9. The summed E-state index contributed by atoms with van der Waals surface area (Å²) < 4.78 is 1.20. The highest BCUT2D eigenvalue weighted by Gasteiger charge is 2.18. The Hall–Kier alpha value is -2.14. The fraction of sp³-hybridized carbons (Fsp3) is 0.333. The summed E-state index contributed by atoms with van der Waals surface area (Å²) in [6, 6.07) is 17.0. The van der Waals surface area contributed by atoms with Crippen LogP contribution in [0.3, 0.4) is 0 Å². The summed E-state index contributed by atoms with van der Waals surface area (Å²) in [5.41, 5.74) is 4.30. The van der Waals surface area contributed by atoms with E-state index in [9.17, 15) is 4.79 Å². The minimum Gasteiger partial charge on any atom is -0.388 e. The molecule has 1 aliphatic rings. The predicted octanol–water partition coefficient (Wildman–Crippen LogP) is 4.79. The van der Waals surface area contributed by atoms with Gasteiger partial charge in [-0.25, -0.2) is 4.79 Å². The van der Waals surface area contributed by atoms with Crippen LogP contribution in [0.2, 0.25) is 0 Å². The van der Waals surface area contributed by atoms with E-state index in [1.165, 1.54) is 10.3 Å². The van der Waals surface area contributed by atoms with Crippen molar-refractivity contribution >= 4 is 51.0 Å². The first-order chi connectivity index (χ1) is 14.3. The second-order valence-corrected chi connectivity index (χ2v) is 8.46. The van der Waals surface area contributed by atoms with Gasteiger partial charge in [0.2, 0.25) is 0 Å². The van der Waals surface area contributed by atoms with E-state index >= 15 is 0 Å². The van der Waals surface area contributed by atoms with Crippen LogP contribution < -0.4 is 5.32 Å². The number of hydrogen-bond acceptors (Lipinski definition) is 5. The molecule has 0 radical (unpaired) electrons. The lowest BCUT2D eigenvalue weighted by Gasteiger charge is -2.34. The fourth-order valence-electron chi connectivity index (χ4n) is 3.94. The van der Waals surface area contributed by atoms with Gasteiger partial charge in [0.25, 0.3) is 0 Å². The molecule has 6 heteroatoms. The minimum atomic E-state index is 0. The molecule has 0 unspecified atom stereocenters. The van der Waals surface area contributed by atoms with E-state index < -0.39 is 0 Å². The summed E-state index contributed by atoms with van der Waals surface area (Å²) in [4.78, 5) is 16.7. The van der Waals surface area contributed by atoms with Gasteiger partial charge in [0.1, 0.15) is 5.94 Å². The van der Waals surface area contributed by atoms with Crippen molar-refractivity contribution in [1.82, 2.24) is 9.80 Å². The Bertz CT molecular complexity index is 1010. The number of halogens is 1. The van der Waals surface area contributed by atoms with E-state index in [-0.39, 0.29) is 12.4 Å². The van der Waals surface area contributed by atoms with Gasteiger partial charge in [-0.15, -0.1) is 23.7 Å². The number of hydrogen-bond donors (Lipinski definition) is 1. The summed E-state index contributed by atoms with van der Waals surface area (Å²) in [5, 5.41) is 6.42. The molecule has 1 N–H and O–H groups in total. The number of benzene rings is 2. The quantitative estimate of drug-likeness (QED) is 0.535. The predicted molar refractivity (Wildman–Crippen MR) is 130 cm³/mol. The maximum atomic E-state index is 11.7. The van der Waals surface area contributed by atoms with Gasteiger partial charge >= 0.3 is 0 Å². The Morgan fingerprint density at radius 3 is 2.50 bits per heavy atom. The van der Waals surface area contributed by atoms with Gasteiger partial charge in [-0.2, -0.15) is 0 Å². The summed E-state index contributed by atoms with van der Waals surface area (Å²) >= 11 is 1.69. The minimum absolute atomic E-state index is 0. The Kier molecular flexibility index (Phi) is 8.08. The van der Waals surface area contributed by atoms with E-state index in [0.29, 0.717) is 0 Å². The van der Waals surface area contributed by atoms with Gasteiger partial charge in [0.05, 0.1) is 0 Å². The highest BCUT2D eigenvalue weighted by molar-refractivity contribution is 7.17. The average Bonchev–Trinajstić information content (AvgIpc) is 3.19. The Balaban J connectivity index is 0.00000256. The van der Waals surface area contributed by atoms with E-state index in [0.717, 1.165) is 67.9 Å². The molecule has 0 atom stereocenters. The lowest BCUT2D eigenvalue weighted by Crippen LogP contribution is -2.46.